The van der Waals surface area contributed by atoms with Gasteiger partial charge >= 0.3 is 0 Å². The minimum Gasteiger partial charge on any atom is -0.338 e. The molecule has 1 spiro atoms. The number of thiophene rings is 1. The summed E-state index contributed by atoms with van der Waals surface area (Å²) >= 11 is 1.24. The van der Waals surface area contributed by atoms with E-state index in [4.69, 9.17) is 9.47 Å². The molecule has 148 valence electrons. The number of nitrogens with zero attached hydrogens (tertiary/aromatic N) is 1. The van der Waals surface area contributed by atoms with E-state index in [1.54, 1.807) is 35.2 Å². The van der Waals surface area contributed by atoms with Gasteiger partial charge in [-0.05, 0) is 62.4 Å². The van der Waals surface area contributed by atoms with E-state index < -0.39 is 15.6 Å². The minimum atomic E-state index is -3.66. The van der Waals surface area contributed by atoms with Crippen molar-refractivity contribution in [2.75, 3.05) is 24.7 Å². The summed E-state index contributed by atoms with van der Waals surface area (Å²) in [6.45, 7) is 3.31. The van der Waals surface area contributed by atoms with E-state index in [9.17, 15) is 13.2 Å². The first-order valence-electron chi connectivity index (χ1n) is 9.48. The summed E-state index contributed by atoms with van der Waals surface area (Å²) in [6, 6.07) is 8.28. The first kappa shape index (κ1) is 18.3. The second kappa shape index (κ2) is 6.38. The summed E-state index contributed by atoms with van der Waals surface area (Å²) < 4.78 is 38.2. The lowest BCUT2D eigenvalue weighted by Crippen LogP contribution is -2.47. The number of rotatable bonds is 4. The molecule has 0 radical (unpaired) electrons. The van der Waals surface area contributed by atoms with Crippen LogP contribution in [0.1, 0.15) is 29.7 Å². The molecule has 1 aliphatic carbocycles. The Balaban J connectivity index is 1.62. The van der Waals surface area contributed by atoms with Crippen LogP contribution in [0.5, 0.6) is 0 Å². The van der Waals surface area contributed by atoms with E-state index in [0.29, 0.717) is 47.6 Å². The lowest BCUT2D eigenvalue weighted by atomic mass is 10.1. The molecule has 5 rings (SSSR count). The molecule has 0 unspecified atom stereocenters. The smallest absolute Gasteiger partial charge is 0.292 e. The van der Waals surface area contributed by atoms with Crippen LogP contribution in [0.15, 0.2) is 39.4 Å². The van der Waals surface area contributed by atoms with E-state index in [-0.39, 0.29) is 10.8 Å². The average molecular weight is 420 g/mol. The van der Waals surface area contributed by atoms with Crippen molar-refractivity contribution in [2.24, 2.45) is 5.92 Å². The molecule has 6 nitrogen and oxygen atoms in total. The lowest BCUT2D eigenvalue weighted by molar-refractivity contribution is -0.256. The van der Waals surface area contributed by atoms with Crippen LogP contribution in [-0.2, 0) is 29.9 Å². The van der Waals surface area contributed by atoms with Crippen molar-refractivity contribution in [3.05, 3.63) is 40.8 Å². The molecule has 0 atom stereocenters. The van der Waals surface area contributed by atoms with Crippen molar-refractivity contribution in [1.29, 1.82) is 0 Å². The van der Waals surface area contributed by atoms with Crippen molar-refractivity contribution in [2.45, 2.75) is 41.1 Å². The average Bonchev–Trinajstić information content (AvgIpc) is 3.37. The number of aryl methyl sites for hydroxylation is 1. The monoisotopic (exact) mass is 419 g/mol. The number of carbonyl (C=O) groups excluding carboxylic acids is 1. The number of fused-ring (bicyclic) bond motifs is 2. The molecule has 0 N–H and O–H groups in total. The topological polar surface area (TPSA) is 72.9 Å². The van der Waals surface area contributed by atoms with Crippen molar-refractivity contribution >= 4 is 32.8 Å². The number of hydrogen-bond donors (Lipinski definition) is 0. The predicted molar refractivity (Wildman–Crippen MR) is 104 cm³/mol. The molecule has 3 aliphatic rings. The van der Waals surface area contributed by atoms with E-state index >= 15 is 0 Å². The Morgan fingerprint density at radius 2 is 1.93 bits per heavy atom. The maximum Gasteiger partial charge on any atom is 0.292 e. The third-order valence-electron chi connectivity index (χ3n) is 5.47. The van der Waals surface area contributed by atoms with E-state index in [2.05, 4.69) is 0 Å². The summed E-state index contributed by atoms with van der Waals surface area (Å²) in [6.07, 6.45) is 2.93. The summed E-state index contributed by atoms with van der Waals surface area (Å²) in [5.41, 5.74) is 1.20. The van der Waals surface area contributed by atoms with Gasteiger partial charge in [-0.15, -0.1) is 11.3 Å². The highest BCUT2D eigenvalue weighted by Crippen LogP contribution is 2.48. The highest BCUT2D eigenvalue weighted by Gasteiger charge is 2.55. The first-order valence-corrected chi connectivity index (χ1v) is 11.8. The fraction of sp³-hybridized carbons (Fsp3) is 0.450. The van der Waals surface area contributed by atoms with Crippen LogP contribution in [0.2, 0.25) is 0 Å². The lowest BCUT2D eigenvalue weighted by Gasteiger charge is -2.32. The van der Waals surface area contributed by atoms with Gasteiger partial charge in [0, 0.05) is 17.0 Å². The van der Waals surface area contributed by atoms with Crippen LogP contribution in [-0.4, -0.2) is 34.1 Å². The quantitative estimate of drug-likeness (QED) is 0.761. The molecule has 2 fully saturated rings. The molecule has 2 aliphatic heterocycles. The van der Waals surface area contributed by atoms with Crippen molar-refractivity contribution in [1.82, 2.24) is 0 Å². The van der Waals surface area contributed by atoms with Crippen LogP contribution in [0, 0.1) is 12.8 Å². The summed E-state index contributed by atoms with van der Waals surface area (Å²) in [5, 5.41) is 0. The molecular weight excluding hydrogens is 398 g/mol. The van der Waals surface area contributed by atoms with Gasteiger partial charge < -0.3 is 14.4 Å². The molecule has 0 bridgehead atoms. The molecule has 28 heavy (non-hydrogen) atoms. The Morgan fingerprint density at radius 3 is 2.57 bits per heavy atom. The molecule has 1 saturated heterocycles. The normalized spacial score (nSPS) is 21.3. The van der Waals surface area contributed by atoms with Gasteiger partial charge in [0.05, 0.1) is 23.8 Å². The zero-order valence-electron chi connectivity index (χ0n) is 15.5. The van der Waals surface area contributed by atoms with Crippen LogP contribution in [0.3, 0.4) is 0 Å². The van der Waals surface area contributed by atoms with Crippen LogP contribution >= 0.6 is 11.3 Å². The number of ether oxygens (including phenoxy) is 2. The summed E-state index contributed by atoms with van der Waals surface area (Å²) in [4.78, 5) is 16.1. The molecule has 1 aromatic carbocycles. The van der Waals surface area contributed by atoms with E-state index in [0.717, 1.165) is 17.7 Å². The van der Waals surface area contributed by atoms with Gasteiger partial charge in [-0.3, -0.25) is 4.79 Å². The Bertz CT molecular complexity index is 1050. The highest BCUT2D eigenvalue weighted by atomic mass is 32.2. The fourth-order valence-corrected chi connectivity index (χ4v) is 6.52. The van der Waals surface area contributed by atoms with Crippen LogP contribution in [0.25, 0.3) is 0 Å². The minimum absolute atomic E-state index is 0.159. The van der Waals surface area contributed by atoms with E-state index in [1.165, 1.54) is 11.3 Å². The van der Waals surface area contributed by atoms with Crippen molar-refractivity contribution < 1.29 is 22.7 Å². The van der Waals surface area contributed by atoms with Crippen molar-refractivity contribution in [3.63, 3.8) is 0 Å². The van der Waals surface area contributed by atoms with Gasteiger partial charge in [0.2, 0.25) is 9.84 Å². The van der Waals surface area contributed by atoms with Gasteiger partial charge in [0.25, 0.3) is 11.7 Å². The third kappa shape index (κ3) is 2.74. The summed E-state index contributed by atoms with van der Waals surface area (Å²) in [5.74, 6) is -1.26. The maximum absolute atomic E-state index is 13.3. The van der Waals surface area contributed by atoms with Gasteiger partial charge in [0.1, 0.15) is 4.21 Å². The Morgan fingerprint density at radius 1 is 1.18 bits per heavy atom. The zero-order chi connectivity index (χ0) is 19.5. The third-order valence-corrected chi connectivity index (χ3v) is 8.71. The summed E-state index contributed by atoms with van der Waals surface area (Å²) in [7, 11) is -3.66. The molecule has 3 heterocycles. The zero-order valence-corrected chi connectivity index (χ0v) is 17.1. The van der Waals surface area contributed by atoms with Gasteiger partial charge in [-0.2, -0.15) is 0 Å². The number of anilines is 1. The Hall–Kier alpha value is -1.74. The second-order valence-corrected chi connectivity index (χ2v) is 11.0. The second-order valence-electron chi connectivity index (χ2n) is 7.57. The highest BCUT2D eigenvalue weighted by molar-refractivity contribution is 7.93. The van der Waals surface area contributed by atoms with Gasteiger partial charge in [-0.25, -0.2) is 8.42 Å². The maximum atomic E-state index is 13.3. The number of benzene rings is 1. The van der Waals surface area contributed by atoms with Crippen LogP contribution in [0.4, 0.5) is 5.69 Å². The molecular formula is C20H21NO5S2. The fourth-order valence-electron chi connectivity index (χ4n) is 3.81. The largest absolute Gasteiger partial charge is 0.338 e. The predicted octanol–water partition coefficient (Wildman–Crippen LogP) is 3.24. The molecule has 8 heteroatoms. The van der Waals surface area contributed by atoms with Crippen molar-refractivity contribution in [3.8, 4) is 0 Å². The number of amides is 1. The number of carbonyl (C=O) groups is 1. The van der Waals surface area contributed by atoms with E-state index in [1.807, 2.05) is 6.92 Å². The molecule has 1 aromatic heterocycles. The van der Waals surface area contributed by atoms with Gasteiger partial charge in [-0.1, -0.05) is 0 Å². The number of hydrogen-bond acceptors (Lipinski definition) is 6. The first-order chi connectivity index (χ1) is 13.4. The van der Waals surface area contributed by atoms with Crippen LogP contribution < -0.4 is 4.90 Å². The molecule has 1 amide bonds. The SMILES string of the molecule is Cc1ccc(S(=O)(=O)c2ccc3c(c2)C2(OCCCO2)C(=O)N3CC2CC2)s1. The molecule has 2 aromatic rings. The van der Waals surface area contributed by atoms with Gasteiger partial charge in [0.15, 0.2) is 0 Å². The molecule has 1 saturated carbocycles. The Kier molecular flexibility index (Phi) is 4.17. The Labute approximate surface area is 168 Å². The number of sulfone groups is 1. The standard InChI is InChI=1S/C20H21NO5S2/c1-13-3-8-18(27-13)28(23,24)15-6-7-17-16(11-15)20(25-9-2-10-26-20)19(22)21(17)12-14-4-5-14/h3,6-8,11,14H,2,4-5,9-10,12H2,1H3.